The topological polar surface area (TPSA) is 79.8 Å². The molecule has 0 saturated carbocycles. The number of rotatable bonds is 3. The number of nitrogens with zero attached hydrogens (tertiary/aromatic N) is 3. The van der Waals surface area contributed by atoms with Crippen LogP contribution >= 0.6 is 11.3 Å². The van der Waals surface area contributed by atoms with Crippen molar-refractivity contribution in [3.63, 3.8) is 0 Å². The summed E-state index contributed by atoms with van der Waals surface area (Å²) in [6.45, 7) is 0. The van der Waals surface area contributed by atoms with Gasteiger partial charge in [-0.1, -0.05) is 0 Å². The second kappa shape index (κ2) is 6.85. The van der Waals surface area contributed by atoms with E-state index in [2.05, 4.69) is 25.6 Å². The van der Waals surface area contributed by atoms with Crippen LogP contribution in [-0.4, -0.2) is 21.0 Å². The van der Waals surface area contributed by atoms with Crippen LogP contribution in [0.1, 0.15) is 5.56 Å². The Balaban J connectivity index is 1.62. The van der Waals surface area contributed by atoms with Gasteiger partial charge in [-0.25, -0.2) is 14.8 Å². The fraction of sp³-hybridized carbons (Fsp3) is 0.0667. The number of carbonyl (C=O) groups is 1. The van der Waals surface area contributed by atoms with Gasteiger partial charge in [0.2, 0.25) is 0 Å². The summed E-state index contributed by atoms with van der Waals surface area (Å²) >= 11 is 1.33. The van der Waals surface area contributed by atoms with Crippen molar-refractivity contribution in [1.82, 2.24) is 15.0 Å². The number of thiazole rings is 1. The third-order valence-electron chi connectivity index (χ3n) is 3.01. The SMILES string of the molecule is O=C(Nc1ccc(C(F)(F)F)cn1)Nc1csc(-c2ccncc2)n1. The van der Waals surface area contributed by atoms with Gasteiger partial charge in [0.05, 0.1) is 5.56 Å². The fourth-order valence-corrected chi connectivity index (χ4v) is 2.62. The molecule has 3 aromatic rings. The first kappa shape index (κ1) is 16.8. The molecular formula is C15H10F3N5OS. The molecule has 0 aliphatic heterocycles. The van der Waals surface area contributed by atoms with E-state index in [1.807, 2.05) is 0 Å². The van der Waals surface area contributed by atoms with E-state index in [0.29, 0.717) is 17.0 Å². The zero-order chi connectivity index (χ0) is 17.9. The minimum atomic E-state index is -4.47. The molecule has 0 atom stereocenters. The minimum Gasteiger partial charge on any atom is -0.292 e. The molecule has 0 aromatic carbocycles. The van der Waals surface area contributed by atoms with E-state index in [1.54, 1.807) is 29.9 Å². The van der Waals surface area contributed by atoms with Gasteiger partial charge in [-0.2, -0.15) is 13.2 Å². The lowest BCUT2D eigenvalue weighted by Crippen LogP contribution is -2.20. The van der Waals surface area contributed by atoms with Crippen molar-refractivity contribution in [3.05, 3.63) is 53.8 Å². The van der Waals surface area contributed by atoms with Gasteiger partial charge in [0.25, 0.3) is 0 Å². The third-order valence-corrected chi connectivity index (χ3v) is 3.90. The van der Waals surface area contributed by atoms with Crippen molar-refractivity contribution < 1.29 is 18.0 Å². The van der Waals surface area contributed by atoms with Crippen molar-refractivity contribution >= 4 is 29.0 Å². The zero-order valence-electron chi connectivity index (χ0n) is 12.4. The van der Waals surface area contributed by atoms with Gasteiger partial charge in [-0.05, 0) is 24.3 Å². The number of amides is 2. The minimum absolute atomic E-state index is 0.00455. The Morgan fingerprint density at radius 3 is 2.40 bits per heavy atom. The number of aromatic nitrogens is 3. The molecule has 25 heavy (non-hydrogen) atoms. The molecule has 0 aliphatic rings. The normalized spacial score (nSPS) is 11.2. The summed E-state index contributed by atoms with van der Waals surface area (Å²) in [6, 6.07) is 4.83. The summed E-state index contributed by atoms with van der Waals surface area (Å²) in [7, 11) is 0. The summed E-state index contributed by atoms with van der Waals surface area (Å²) in [5, 5.41) is 7.19. The summed E-state index contributed by atoms with van der Waals surface area (Å²) in [5.41, 5.74) is -0.0298. The summed E-state index contributed by atoms with van der Waals surface area (Å²) in [5.74, 6) is 0.316. The van der Waals surface area contributed by atoms with Crippen LogP contribution < -0.4 is 10.6 Å². The first-order valence-electron chi connectivity index (χ1n) is 6.89. The van der Waals surface area contributed by atoms with E-state index < -0.39 is 17.8 Å². The maximum absolute atomic E-state index is 12.5. The van der Waals surface area contributed by atoms with Crippen LogP contribution in [0.5, 0.6) is 0 Å². The molecule has 3 heterocycles. The van der Waals surface area contributed by atoms with Gasteiger partial charge in [0, 0.05) is 29.5 Å². The summed E-state index contributed by atoms with van der Waals surface area (Å²) in [6.07, 6.45) is -0.558. The molecule has 0 spiro atoms. The van der Waals surface area contributed by atoms with Crippen LogP contribution in [0.2, 0.25) is 0 Å². The molecule has 6 nitrogen and oxygen atoms in total. The zero-order valence-corrected chi connectivity index (χ0v) is 13.2. The molecule has 0 unspecified atom stereocenters. The molecule has 3 rings (SSSR count). The van der Waals surface area contributed by atoms with Gasteiger partial charge >= 0.3 is 12.2 Å². The van der Waals surface area contributed by atoms with Crippen molar-refractivity contribution in [1.29, 1.82) is 0 Å². The molecule has 128 valence electrons. The van der Waals surface area contributed by atoms with E-state index in [4.69, 9.17) is 0 Å². The molecule has 0 aliphatic carbocycles. The van der Waals surface area contributed by atoms with Crippen LogP contribution in [0.3, 0.4) is 0 Å². The number of anilines is 2. The molecule has 0 radical (unpaired) electrons. The van der Waals surface area contributed by atoms with Crippen molar-refractivity contribution in [2.24, 2.45) is 0 Å². The number of nitrogens with one attached hydrogen (secondary N) is 2. The summed E-state index contributed by atoms with van der Waals surface area (Å²) < 4.78 is 37.4. The van der Waals surface area contributed by atoms with Crippen LogP contribution in [0, 0.1) is 0 Å². The molecule has 0 saturated heterocycles. The number of hydrogen-bond acceptors (Lipinski definition) is 5. The summed E-state index contributed by atoms with van der Waals surface area (Å²) in [4.78, 5) is 23.6. The van der Waals surface area contributed by atoms with Gasteiger partial charge in [-0.15, -0.1) is 11.3 Å². The maximum Gasteiger partial charge on any atom is 0.417 e. The predicted molar refractivity (Wildman–Crippen MR) is 87.2 cm³/mol. The molecule has 3 aromatic heterocycles. The van der Waals surface area contributed by atoms with E-state index in [-0.39, 0.29) is 5.82 Å². The van der Waals surface area contributed by atoms with Crippen LogP contribution in [0.15, 0.2) is 48.2 Å². The highest BCUT2D eigenvalue weighted by Gasteiger charge is 2.30. The van der Waals surface area contributed by atoms with Crippen LogP contribution in [0.25, 0.3) is 10.6 Å². The first-order valence-corrected chi connectivity index (χ1v) is 7.77. The van der Waals surface area contributed by atoms with Crippen molar-refractivity contribution in [2.45, 2.75) is 6.18 Å². The molecule has 10 heteroatoms. The van der Waals surface area contributed by atoms with Crippen molar-refractivity contribution in [2.75, 3.05) is 10.6 Å². The Bertz CT molecular complexity index is 865. The Kier molecular flexibility index (Phi) is 4.61. The molecule has 0 bridgehead atoms. The van der Waals surface area contributed by atoms with Crippen molar-refractivity contribution in [3.8, 4) is 10.6 Å². The third kappa shape index (κ3) is 4.29. The Morgan fingerprint density at radius 1 is 1.04 bits per heavy atom. The highest BCUT2D eigenvalue weighted by Crippen LogP contribution is 2.29. The number of carbonyl (C=O) groups excluding carboxylic acids is 1. The maximum atomic E-state index is 12.5. The number of halogens is 3. The Morgan fingerprint density at radius 2 is 1.76 bits per heavy atom. The Labute approximate surface area is 143 Å². The average molecular weight is 365 g/mol. The monoisotopic (exact) mass is 365 g/mol. The number of hydrogen-bond donors (Lipinski definition) is 2. The van der Waals surface area contributed by atoms with Crippen LogP contribution in [0.4, 0.5) is 29.6 Å². The predicted octanol–water partition coefficient (Wildman–Crippen LogP) is 4.26. The van der Waals surface area contributed by atoms with Gasteiger partial charge in [0.1, 0.15) is 16.6 Å². The molecule has 0 fully saturated rings. The second-order valence-corrected chi connectivity index (χ2v) is 5.64. The first-order chi connectivity index (χ1) is 11.9. The van der Waals surface area contributed by atoms with E-state index in [1.165, 1.54) is 11.3 Å². The fourth-order valence-electron chi connectivity index (χ4n) is 1.86. The quantitative estimate of drug-likeness (QED) is 0.727. The number of pyridine rings is 2. The average Bonchev–Trinajstić information content (AvgIpc) is 3.03. The lowest BCUT2D eigenvalue weighted by Gasteiger charge is -2.08. The molecule has 2 amide bonds. The highest BCUT2D eigenvalue weighted by atomic mass is 32.1. The Hall–Kier alpha value is -3.01. The number of urea groups is 1. The largest absolute Gasteiger partial charge is 0.417 e. The van der Waals surface area contributed by atoms with Gasteiger partial charge in [0.15, 0.2) is 0 Å². The highest BCUT2D eigenvalue weighted by molar-refractivity contribution is 7.13. The van der Waals surface area contributed by atoms with Gasteiger partial charge in [-0.3, -0.25) is 15.6 Å². The van der Waals surface area contributed by atoms with E-state index >= 15 is 0 Å². The smallest absolute Gasteiger partial charge is 0.292 e. The van der Waals surface area contributed by atoms with E-state index in [0.717, 1.165) is 17.7 Å². The second-order valence-electron chi connectivity index (χ2n) is 4.78. The lowest BCUT2D eigenvalue weighted by atomic mass is 10.3. The lowest BCUT2D eigenvalue weighted by molar-refractivity contribution is -0.137. The molecular weight excluding hydrogens is 355 g/mol. The molecule has 2 N–H and O–H groups in total. The number of alkyl halides is 3. The van der Waals surface area contributed by atoms with Gasteiger partial charge < -0.3 is 0 Å². The standard InChI is InChI=1S/C15H10F3N5OS/c16-15(17,18)10-1-2-11(20-7-10)22-14(24)23-12-8-25-13(21-12)9-3-5-19-6-4-9/h1-8H,(H2,20,22,23,24). The van der Waals surface area contributed by atoms with E-state index in [9.17, 15) is 18.0 Å². The van der Waals surface area contributed by atoms with Crippen LogP contribution in [-0.2, 0) is 6.18 Å².